The number of benzene rings is 2. The lowest BCUT2D eigenvalue weighted by atomic mass is 9.95. The van der Waals surface area contributed by atoms with Gasteiger partial charge in [-0.05, 0) is 43.0 Å². The lowest BCUT2D eigenvalue weighted by molar-refractivity contribution is 0.0923. The average molecular weight is 554 g/mol. The third kappa shape index (κ3) is 7.86. The van der Waals surface area contributed by atoms with Crippen LogP contribution in [0.25, 0.3) is 0 Å². The molecule has 2 aromatic carbocycles. The topological polar surface area (TPSA) is 82.2 Å². The van der Waals surface area contributed by atoms with Gasteiger partial charge in [-0.1, -0.05) is 31.4 Å². The number of rotatable bonds is 13. The van der Waals surface area contributed by atoms with Crippen molar-refractivity contribution in [3.8, 4) is 23.0 Å². The number of nitrogens with zero attached hydrogens (tertiary/aromatic N) is 2. The van der Waals surface area contributed by atoms with Crippen LogP contribution in [0.4, 0.5) is 0 Å². The van der Waals surface area contributed by atoms with Gasteiger partial charge in [0.1, 0.15) is 22.2 Å². The Balaban J connectivity index is 1.49. The Kier molecular flexibility index (Phi) is 10.4. The molecule has 1 saturated carbocycles. The van der Waals surface area contributed by atoms with Gasteiger partial charge in [0.2, 0.25) is 0 Å². The number of methoxy groups -OCH3 is 4. The maximum atomic E-state index is 12.8. The van der Waals surface area contributed by atoms with E-state index in [1.807, 2.05) is 35.7 Å². The highest BCUT2D eigenvalue weighted by atomic mass is 32.1. The summed E-state index contributed by atoms with van der Waals surface area (Å²) in [4.78, 5) is 19.9. The molecule has 1 heterocycles. The molecule has 8 nitrogen and oxygen atoms in total. The van der Waals surface area contributed by atoms with Crippen LogP contribution < -0.4 is 24.3 Å². The van der Waals surface area contributed by atoms with Gasteiger partial charge < -0.3 is 24.3 Å². The first-order chi connectivity index (χ1) is 19.0. The van der Waals surface area contributed by atoms with Gasteiger partial charge in [0.25, 0.3) is 5.91 Å². The quantitative estimate of drug-likeness (QED) is 0.300. The van der Waals surface area contributed by atoms with Crippen molar-refractivity contribution in [2.24, 2.45) is 0 Å². The van der Waals surface area contributed by atoms with Crippen molar-refractivity contribution >= 4 is 17.2 Å². The molecule has 0 radical (unpaired) electrons. The molecule has 39 heavy (non-hydrogen) atoms. The molecule has 1 fully saturated rings. The molecule has 0 bridgehead atoms. The van der Waals surface area contributed by atoms with Crippen LogP contribution >= 0.6 is 11.3 Å². The molecular weight excluding hydrogens is 514 g/mol. The minimum absolute atomic E-state index is 0.0712. The first-order valence-corrected chi connectivity index (χ1v) is 14.3. The van der Waals surface area contributed by atoms with Crippen molar-refractivity contribution in [1.29, 1.82) is 0 Å². The van der Waals surface area contributed by atoms with Gasteiger partial charge in [-0.2, -0.15) is 0 Å². The summed E-state index contributed by atoms with van der Waals surface area (Å²) in [5.74, 6) is 2.88. The molecule has 9 heteroatoms. The molecule has 4 rings (SSSR count). The molecule has 1 aromatic heterocycles. The van der Waals surface area contributed by atoms with E-state index in [0.717, 1.165) is 53.4 Å². The van der Waals surface area contributed by atoms with Crippen LogP contribution in [-0.2, 0) is 19.5 Å². The Morgan fingerprint density at radius 3 is 2.41 bits per heavy atom. The highest BCUT2D eigenvalue weighted by molar-refractivity contribution is 7.09. The monoisotopic (exact) mass is 553 g/mol. The van der Waals surface area contributed by atoms with E-state index < -0.39 is 0 Å². The van der Waals surface area contributed by atoms with Gasteiger partial charge in [0, 0.05) is 36.1 Å². The van der Waals surface area contributed by atoms with Crippen LogP contribution in [0, 0.1) is 0 Å². The summed E-state index contributed by atoms with van der Waals surface area (Å²) < 4.78 is 21.9. The predicted molar refractivity (Wildman–Crippen MR) is 153 cm³/mol. The van der Waals surface area contributed by atoms with Gasteiger partial charge in [0.05, 0.1) is 35.0 Å². The van der Waals surface area contributed by atoms with Crippen molar-refractivity contribution in [2.45, 2.75) is 57.7 Å². The van der Waals surface area contributed by atoms with Crippen LogP contribution in [-0.4, -0.2) is 56.8 Å². The van der Waals surface area contributed by atoms with Crippen molar-refractivity contribution in [3.05, 3.63) is 63.6 Å². The largest absolute Gasteiger partial charge is 0.497 e. The normalized spacial score (nSPS) is 13.8. The fraction of sp³-hybridized carbons (Fsp3) is 0.467. The number of thiazole rings is 1. The minimum Gasteiger partial charge on any atom is -0.497 e. The van der Waals surface area contributed by atoms with Gasteiger partial charge in [0.15, 0.2) is 11.5 Å². The van der Waals surface area contributed by atoms with E-state index >= 15 is 0 Å². The second kappa shape index (κ2) is 14.2. The maximum Gasteiger partial charge on any atom is 0.270 e. The molecule has 1 aliphatic rings. The smallest absolute Gasteiger partial charge is 0.270 e. The molecule has 1 N–H and O–H groups in total. The van der Waals surface area contributed by atoms with Crippen molar-refractivity contribution in [3.63, 3.8) is 0 Å². The number of aromatic nitrogens is 1. The Bertz CT molecular complexity index is 1230. The van der Waals surface area contributed by atoms with E-state index in [4.69, 9.17) is 23.9 Å². The summed E-state index contributed by atoms with van der Waals surface area (Å²) in [5.41, 5.74) is 2.70. The number of nitrogens with one attached hydrogen (secondary N) is 1. The van der Waals surface area contributed by atoms with Crippen LogP contribution in [0.1, 0.15) is 58.7 Å². The fourth-order valence-corrected chi connectivity index (χ4v) is 5.76. The van der Waals surface area contributed by atoms with Crippen LogP contribution in [0.3, 0.4) is 0 Å². The summed E-state index contributed by atoms with van der Waals surface area (Å²) in [5, 5.41) is 5.95. The first kappa shape index (κ1) is 28.7. The van der Waals surface area contributed by atoms with E-state index in [1.54, 1.807) is 28.4 Å². The molecule has 0 aliphatic heterocycles. The van der Waals surface area contributed by atoms with E-state index in [0.29, 0.717) is 30.3 Å². The summed E-state index contributed by atoms with van der Waals surface area (Å²) in [6.07, 6.45) is 6.52. The lowest BCUT2D eigenvalue weighted by Crippen LogP contribution is -2.36. The molecule has 0 unspecified atom stereocenters. The molecule has 0 spiro atoms. The second-order valence-electron chi connectivity index (χ2n) is 9.76. The first-order valence-electron chi connectivity index (χ1n) is 13.4. The number of carbonyl (C=O) groups excluding carboxylic acids is 1. The Labute approximate surface area is 235 Å². The average Bonchev–Trinajstić information content (AvgIpc) is 3.45. The third-order valence-electron chi connectivity index (χ3n) is 7.14. The summed E-state index contributed by atoms with van der Waals surface area (Å²) in [6, 6.07) is 12.2. The van der Waals surface area contributed by atoms with Gasteiger partial charge >= 0.3 is 0 Å². The standard InChI is InChI=1S/C30H39N3O5S/c1-35-24-12-11-22(27(17-24)37-3)18-33(15-14-21-10-13-26(36-2)28(16-21)38-4)19-29-32-25(20-39-29)30(34)31-23-8-6-5-7-9-23/h10-13,16-17,20,23H,5-9,14-15,18-19H2,1-4H3,(H,31,34). The number of ether oxygens (including phenoxy) is 4. The highest BCUT2D eigenvalue weighted by Gasteiger charge is 2.20. The van der Waals surface area contributed by atoms with Crippen molar-refractivity contribution in [2.75, 3.05) is 35.0 Å². The second-order valence-corrected chi connectivity index (χ2v) is 10.7. The summed E-state index contributed by atoms with van der Waals surface area (Å²) >= 11 is 1.53. The van der Waals surface area contributed by atoms with Gasteiger partial charge in [-0.25, -0.2) is 4.98 Å². The van der Waals surface area contributed by atoms with E-state index in [1.165, 1.54) is 30.6 Å². The van der Waals surface area contributed by atoms with Crippen molar-refractivity contribution in [1.82, 2.24) is 15.2 Å². The zero-order valence-corrected chi connectivity index (χ0v) is 24.1. The Morgan fingerprint density at radius 2 is 1.69 bits per heavy atom. The highest BCUT2D eigenvalue weighted by Crippen LogP contribution is 2.29. The molecular formula is C30H39N3O5S. The summed E-state index contributed by atoms with van der Waals surface area (Å²) in [7, 11) is 6.60. The number of hydrogen-bond acceptors (Lipinski definition) is 8. The molecule has 3 aromatic rings. The number of amides is 1. The SMILES string of the molecule is COc1ccc(CN(CCc2ccc(OC)c(OC)c2)Cc2nc(C(=O)NC3CCCCC3)cs2)c(OC)c1. The zero-order chi connectivity index (χ0) is 27.6. The van der Waals surface area contributed by atoms with Crippen LogP contribution in [0.5, 0.6) is 23.0 Å². The maximum absolute atomic E-state index is 12.8. The molecule has 0 atom stereocenters. The fourth-order valence-electron chi connectivity index (χ4n) is 4.95. The van der Waals surface area contributed by atoms with Crippen LogP contribution in [0.2, 0.25) is 0 Å². The zero-order valence-electron chi connectivity index (χ0n) is 23.3. The van der Waals surface area contributed by atoms with Crippen LogP contribution in [0.15, 0.2) is 41.8 Å². The van der Waals surface area contributed by atoms with Crippen molar-refractivity contribution < 1.29 is 23.7 Å². The van der Waals surface area contributed by atoms with Gasteiger partial charge in [-0.15, -0.1) is 11.3 Å². The van der Waals surface area contributed by atoms with E-state index in [2.05, 4.69) is 16.3 Å². The molecule has 1 aliphatic carbocycles. The third-order valence-corrected chi connectivity index (χ3v) is 7.97. The predicted octanol–water partition coefficient (Wildman–Crippen LogP) is 5.48. The van der Waals surface area contributed by atoms with E-state index in [9.17, 15) is 4.79 Å². The summed E-state index contributed by atoms with van der Waals surface area (Å²) in [6.45, 7) is 2.04. The number of hydrogen-bond donors (Lipinski definition) is 1. The van der Waals surface area contributed by atoms with Gasteiger partial charge in [-0.3, -0.25) is 9.69 Å². The minimum atomic E-state index is -0.0712. The molecule has 0 saturated heterocycles. The molecule has 210 valence electrons. The van der Waals surface area contributed by atoms with E-state index in [-0.39, 0.29) is 11.9 Å². The Hall–Kier alpha value is -3.30. The lowest BCUT2D eigenvalue weighted by Gasteiger charge is -2.23. The number of carbonyl (C=O) groups is 1. The molecule has 1 amide bonds. The Morgan fingerprint density at radius 1 is 0.923 bits per heavy atom.